The molecule has 1 fully saturated rings. The second-order valence-electron chi connectivity index (χ2n) is 17.2. The van der Waals surface area contributed by atoms with Gasteiger partial charge in [-0.15, -0.1) is 0 Å². The number of aliphatic hydroxyl groups is 1. The number of aliphatic hydroxyl groups excluding tert-OH is 1. The Morgan fingerprint density at radius 1 is 0.556 bits per heavy atom. The molecule has 4 rings (SSSR count). The van der Waals surface area contributed by atoms with E-state index in [0.717, 1.165) is 55.2 Å². The molecule has 1 aliphatic heterocycles. The topological polar surface area (TPSA) is 125 Å². The molecule has 10 heteroatoms. The molecule has 0 bridgehead atoms. The molecule has 10 nitrogen and oxygen atoms in total. The molecule has 2 amide bonds. The minimum Gasteiger partial charge on any atom is -0.394 e. The molecular formula is C53H80N2O8. The highest BCUT2D eigenvalue weighted by Gasteiger charge is 2.49. The lowest BCUT2D eigenvalue weighted by Gasteiger charge is -2.45. The van der Waals surface area contributed by atoms with E-state index in [2.05, 4.69) is 24.5 Å². The van der Waals surface area contributed by atoms with Crippen molar-refractivity contribution < 1.29 is 38.4 Å². The van der Waals surface area contributed by atoms with Crippen LogP contribution >= 0.6 is 0 Å². The number of unbranched alkanes of at least 4 members (excludes halogenated alkanes) is 16. The molecule has 3 aromatic rings. The molecule has 0 saturated carbocycles. The average molecular weight is 873 g/mol. The molecule has 1 saturated heterocycles. The van der Waals surface area contributed by atoms with Crippen LogP contribution in [0.15, 0.2) is 91.0 Å². The van der Waals surface area contributed by atoms with Gasteiger partial charge >= 0.3 is 0 Å². The predicted octanol–water partition coefficient (Wildman–Crippen LogP) is 10.5. The van der Waals surface area contributed by atoms with Gasteiger partial charge in [0.1, 0.15) is 30.5 Å². The van der Waals surface area contributed by atoms with Gasteiger partial charge in [-0.05, 0) is 29.5 Å². The van der Waals surface area contributed by atoms with E-state index in [9.17, 15) is 14.7 Å². The van der Waals surface area contributed by atoms with Crippen LogP contribution in [-0.2, 0) is 53.1 Å². The van der Waals surface area contributed by atoms with E-state index < -0.39 is 36.7 Å². The molecule has 350 valence electrons. The van der Waals surface area contributed by atoms with Gasteiger partial charge in [0.15, 0.2) is 6.29 Å². The molecule has 6 atom stereocenters. The summed E-state index contributed by atoms with van der Waals surface area (Å²) in [5.41, 5.74) is 2.87. The monoisotopic (exact) mass is 873 g/mol. The Kier molecular flexibility index (Phi) is 27.2. The molecule has 0 unspecified atom stereocenters. The van der Waals surface area contributed by atoms with Crippen molar-refractivity contribution in [3.63, 3.8) is 0 Å². The fourth-order valence-electron chi connectivity index (χ4n) is 8.03. The maximum atomic E-state index is 13.9. The second kappa shape index (κ2) is 32.9. The Labute approximate surface area is 379 Å². The van der Waals surface area contributed by atoms with E-state index in [0.29, 0.717) is 13.0 Å². The van der Waals surface area contributed by atoms with Gasteiger partial charge in [0.25, 0.3) is 0 Å². The Morgan fingerprint density at radius 2 is 0.984 bits per heavy atom. The summed E-state index contributed by atoms with van der Waals surface area (Å²) in [5, 5.41) is 16.9. The summed E-state index contributed by atoms with van der Waals surface area (Å²) < 4.78 is 32.9. The van der Waals surface area contributed by atoms with Crippen LogP contribution in [0.4, 0.5) is 0 Å². The summed E-state index contributed by atoms with van der Waals surface area (Å²) in [4.78, 5) is 27.3. The van der Waals surface area contributed by atoms with Crippen molar-refractivity contribution in [3.05, 3.63) is 108 Å². The number of amides is 2. The number of benzene rings is 3. The smallest absolute Gasteiger partial charge is 0.244 e. The predicted molar refractivity (Wildman–Crippen MR) is 251 cm³/mol. The zero-order valence-electron chi connectivity index (χ0n) is 38.6. The van der Waals surface area contributed by atoms with Gasteiger partial charge in [0, 0.05) is 13.0 Å². The second-order valence-corrected chi connectivity index (χ2v) is 17.2. The van der Waals surface area contributed by atoms with Crippen LogP contribution in [0.2, 0.25) is 0 Å². The molecule has 1 aliphatic rings. The highest BCUT2D eigenvalue weighted by molar-refractivity contribution is 5.87. The van der Waals surface area contributed by atoms with E-state index in [-0.39, 0.29) is 44.8 Å². The number of rotatable bonds is 35. The molecular weight excluding hydrogens is 793 g/mol. The van der Waals surface area contributed by atoms with Gasteiger partial charge in [-0.25, -0.2) is 0 Å². The third-order valence-electron chi connectivity index (χ3n) is 11.8. The lowest BCUT2D eigenvalue weighted by molar-refractivity contribution is -0.327. The first-order chi connectivity index (χ1) is 31.0. The maximum absolute atomic E-state index is 13.9. The van der Waals surface area contributed by atoms with E-state index >= 15 is 0 Å². The Morgan fingerprint density at radius 3 is 1.46 bits per heavy atom. The van der Waals surface area contributed by atoms with Crippen LogP contribution in [0.1, 0.15) is 153 Å². The van der Waals surface area contributed by atoms with Gasteiger partial charge in [0.05, 0.1) is 33.0 Å². The summed E-state index contributed by atoms with van der Waals surface area (Å²) in [6, 6.07) is 28.6. The summed E-state index contributed by atoms with van der Waals surface area (Å²) in [5.74, 6) is -0.481. The Hall–Kier alpha value is -3.64. The third kappa shape index (κ3) is 21.3. The first-order valence-electron chi connectivity index (χ1n) is 24.4. The summed E-state index contributed by atoms with van der Waals surface area (Å²) in [6.07, 6.45) is 17.1. The third-order valence-corrected chi connectivity index (χ3v) is 11.8. The van der Waals surface area contributed by atoms with E-state index in [4.69, 9.17) is 23.7 Å². The van der Waals surface area contributed by atoms with Crippen molar-refractivity contribution in [3.8, 4) is 0 Å². The summed E-state index contributed by atoms with van der Waals surface area (Å²) in [6.45, 7) is 5.20. The number of carbonyl (C=O) groups excluding carboxylic acids is 2. The standard InChI is InChI=1S/C53H80N2O8/c1-3-5-7-9-11-13-15-17-28-36-48(57)55-46(52(58)54-37-29-18-16-14-12-10-8-6-4-2)42-62-53-51(61-41-45-34-26-21-27-35-45)50(60-40-44-32-24-20-25-33-44)49(47(38-56)63-53)59-39-43-30-22-19-23-31-43/h19-27,30-35,46-47,49-51,53,56H,3-18,28-29,36-42H2,1-2H3,(H,54,58)(H,55,57)/t46-,47+,49-,50-,51+,53-/m0/s1. The van der Waals surface area contributed by atoms with Crippen LogP contribution in [-0.4, -0.2) is 73.4 Å². The van der Waals surface area contributed by atoms with E-state index in [1.807, 2.05) is 91.0 Å². The normalized spacial score (nSPS) is 19.1. The van der Waals surface area contributed by atoms with Crippen LogP contribution in [0.25, 0.3) is 0 Å². The van der Waals surface area contributed by atoms with Crippen molar-refractivity contribution >= 4 is 11.8 Å². The van der Waals surface area contributed by atoms with Crippen molar-refractivity contribution in [1.82, 2.24) is 10.6 Å². The highest BCUT2D eigenvalue weighted by Crippen LogP contribution is 2.31. The average Bonchev–Trinajstić information content (AvgIpc) is 3.31. The minimum absolute atomic E-state index is 0.165. The van der Waals surface area contributed by atoms with E-state index in [1.54, 1.807) is 0 Å². The van der Waals surface area contributed by atoms with Crippen molar-refractivity contribution in [2.75, 3.05) is 19.8 Å². The zero-order chi connectivity index (χ0) is 44.6. The Bertz CT molecular complexity index is 1580. The highest BCUT2D eigenvalue weighted by atomic mass is 16.7. The molecule has 3 N–H and O–H groups in total. The van der Waals surface area contributed by atoms with Crippen molar-refractivity contribution in [1.29, 1.82) is 0 Å². The Balaban J connectivity index is 1.47. The molecule has 0 aliphatic carbocycles. The molecule has 0 radical (unpaired) electrons. The lowest BCUT2D eigenvalue weighted by Crippen LogP contribution is -2.62. The molecule has 3 aromatic carbocycles. The fourth-order valence-corrected chi connectivity index (χ4v) is 8.03. The number of hydrogen-bond acceptors (Lipinski definition) is 8. The SMILES string of the molecule is CCCCCCCCCCCNC(=O)[C@H](CO[C@H]1O[C@H](CO)[C@H](OCc2ccccc2)[C@H](OCc2ccccc2)[C@H]1OCc1ccccc1)NC(=O)CCCCCCCCCCC. The number of ether oxygens (including phenoxy) is 5. The van der Waals surface area contributed by atoms with Gasteiger partial charge in [-0.1, -0.05) is 208 Å². The molecule has 1 heterocycles. The fraction of sp³-hybridized carbons (Fsp3) is 0.623. The van der Waals surface area contributed by atoms with Gasteiger partial charge in [-0.3, -0.25) is 9.59 Å². The number of nitrogens with one attached hydrogen (secondary N) is 2. The van der Waals surface area contributed by atoms with Gasteiger partial charge < -0.3 is 39.4 Å². The summed E-state index contributed by atoms with van der Waals surface area (Å²) >= 11 is 0. The van der Waals surface area contributed by atoms with Gasteiger partial charge in [0.2, 0.25) is 11.8 Å². The lowest BCUT2D eigenvalue weighted by atomic mass is 9.97. The van der Waals surface area contributed by atoms with Crippen LogP contribution in [0, 0.1) is 0 Å². The first-order valence-corrected chi connectivity index (χ1v) is 24.4. The maximum Gasteiger partial charge on any atom is 0.244 e. The van der Waals surface area contributed by atoms with Crippen LogP contribution in [0.5, 0.6) is 0 Å². The van der Waals surface area contributed by atoms with Gasteiger partial charge in [-0.2, -0.15) is 0 Å². The van der Waals surface area contributed by atoms with Crippen LogP contribution in [0.3, 0.4) is 0 Å². The first kappa shape index (κ1) is 52.0. The largest absolute Gasteiger partial charge is 0.394 e. The van der Waals surface area contributed by atoms with Crippen molar-refractivity contribution in [2.45, 2.75) is 192 Å². The molecule has 0 spiro atoms. The zero-order valence-corrected chi connectivity index (χ0v) is 38.6. The quantitative estimate of drug-likeness (QED) is 0.0499. The summed E-state index contributed by atoms with van der Waals surface area (Å²) in [7, 11) is 0. The minimum atomic E-state index is -1.06. The molecule has 0 aromatic heterocycles. The number of hydrogen-bond donors (Lipinski definition) is 3. The molecule has 63 heavy (non-hydrogen) atoms. The van der Waals surface area contributed by atoms with Crippen molar-refractivity contribution in [2.24, 2.45) is 0 Å². The van der Waals surface area contributed by atoms with Crippen LogP contribution < -0.4 is 10.6 Å². The number of carbonyl (C=O) groups is 2. The van der Waals surface area contributed by atoms with E-state index in [1.165, 1.54) is 77.0 Å².